The van der Waals surface area contributed by atoms with Crippen molar-refractivity contribution in [2.24, 2.45) is 0 Å². The zero-order valence-electron chi connectivity index (χ0n) is 16.9. The predicted molar refractivity (Wildman–Crippen MR) is 130 cm³/mol. The molecule has 3 aromatic rings. The number of amides is 2. The summed E-state index contributed by atoms with van der Waals surface area (Å²) >= 11 is 10.0. The number of halogens is 1. The Morgan fingerprint density at radius 2 is 1.81 bits per heavy atom. The quantitative estimate of drug-likeness (QED) is 0.378. The van der Waals surface area contributed by atoms with Crippen molar-refractivity contribution in [3.63, 3.8) is 0 Å². The van der Waals surface area contributed by atoms with E-state index in [1.807, 2.05) is 50.2 Å². The van der Waals surface area contributed by atoms with Gasteiger partial charge in [-0.1, -0.05) is 42.4 Å². The number of aromatic nitrogens is 2. The third kappa shape index (κ3) is 7.53. The van der Waals surface area contributed by atoms with Crippen LogP contribution in [0.2, 0.25) is 5.02 Å². The van der Waals surface area contributed by atoms with Crippen LogP contribution in [0.4, 0.5) is 10.8 Å². The standard InChI is InChI=1S/C21H21ClN4O2S3/c1-3-29-21-25-20(31-26-21)24-19(28)13(2)30-17-10-8-16(9-11-17)23-18(27)12-14-4-6-15(22)7-5-14/h4-11,13H,3,12H2,1-2H3,(H,23,27)(H,24,25,26,28). The number of benzene rings is 2. The smallest absolute Gasteiger partial charge is 0.239 e. The maximum Gasteiger partial charge on any atom is 0.239 e. The van der Waals surface area contributed by atoms with Gasteiger partial charge in [-0.2, -0.15) is 9.36 Å². The van der Waals surface area contributed by atoms with Crippen molar-refractivity contribution in [3.05, 3.63) is 59.1 Å². The SMILES string of the molecule is CCSc1nsc(NC(=O)C(C)Sc2ccc(NC(=O)Cc3ccc(Cl)cc3)cc2)n1. The minimum absolute atomic E-state index is 0.104. The number of hydrogen-bond donors (Lipinski definition) is 2. The third-order valence-corrected chi connectivity index (χ3v) is 6.85. The van der Waals surface area contributed by atoms with Crippen LogP contribution in [0.15, 0.2) is 58.6 Å². The molecule has 0 spiro atoms. The summed E-state index contributed by atoms with van der Waals surface area (Å²) in [4.78, 5) is 29.9. The molecule has 0 aliphatic heterocycles. The molecule has 0 bridgehead atoms. The molecule has 10 heteroatoms. The van der Waals surface area contributed by atoms with Gasteiger partial charge in [0.1, 0.15) is 0 Å². The highest BCUT2D eigenvalue weighted by atomic mass is 35.5. The van der Waals surface area contributed by atoms with E-state index in [0.29, 0.717) is 21.0 Å². The van der Waals surface area contributed by atoms with E-state index in [2.05, 4.69) is 20.0 Å². The summed E-state index contributed by atoms with van der Waals surface area (Å²) in [5.74, 6) is 0.649. The number of anilines is 2. The van der Waals surface area contributed by atoms with Gasteiger partial charge in [-0.05, 0) is 54.6 Å². The highest BCUT2D eigenvalue weighted by molar-refractivity contribution is 8.00. The van der Waals surface area contributed by atoms with Crippen molar-refractivity contribution in [1.29, 1.82) is 0 Å². The van der Waals surface area contributed by atoms with Crippen LogP contribution in [-0.2, 0) is 16.0 Å². The van der Waals surface area contributed by atoms with Crippen molar-refractivity contribution < 1.29 is 9.59 Å². The average Bonchev–Trinajstić information content (AvgIpc) is 3.18. The van der Waals surface area contributed by atoms with E-state index in [4.69, 9.17) is 11.6 Å². The summed E-state index contributed by atoms with van der Waals surface area (Å²) in [7, 11) is 0. The zero-order valence-corrected chi connectivity index (χ0v) is 20.1. The Hall–Kier alpha value is -2.07. The van der Waals surface area contributed by atoms with Crippen LogP contribution in [0.3, 0.4) is 0 Å². The number of thioether (sulfide) groups is 2. The van der Waals surface area contributed by atoms with Crippen molar-refractivity contribution >= 4 is 69.3 Å². The molecule has 0 radical (unpaired) electrons. The van der Waals surface area contributed by atoms with Crippen LogP contribution in [0.1, 0.15) is 19.4 Å². The van der Waals surface area contributed by atoms with Gasteiger partial charge in [0.15, 0.2) is 0 Å². The first-order chi connectivity index (χ1) is 14.9. The van der Waals surface area contributed by atoms with Gasteiger partial charge in [0.2, 0.25) is 22.1 Å². The van der Waals surface area contributed by atoms with E-state index >= 15 is 0 Å². The fraction of sp³-hybridized carbons (Fsp3) is 0.238. The lowest BCUT2D eigenvalue weighted by Gasteiger charge is -2.11. The molecule has 3 rings (SSSR count). The summed E-state index contributed by atoms with van der Waals surface area (Å²) in [5.41, 5.74) is 1.60. The summed E-state index contributed by atoms with van der Waals surface area (Å²) in [6.07, 6.45) is 0.273. The van der Waals surface area contributed by atoms with Crippen LogP contribution >= 0.6 is 46.7 Å². The van der Waals surface area contributed by atoms with Gasteiger partial charge in [0.25, 0.3) is 0 Å². The number of carbonyl (C=O) groups is 2. The van der Waals surface area contributed by atoms with E-state index in [1.54, 1.807) is 12.1 Å². The fourth-order valence-electron chi connectivity index (χ4n) is 2.52. The van der Waals surface area contributed by atoms with Gasteiger partial charge in [0, 0.05) is 27.1 Å². The molecule has 0 saturated heterocycles. The molecule has 6 nitrogen and oxygen atoms in total. The van der Waals surface area contributed by atoms with Gasteiger partial charge in [-0.15, -0.1) is 11.8 Å². The molecule has 0 aliphatic carbocycles. The number of rotatable bonds is 9. The van der Waals surface area contributed by atoms with Crippen molar-refractivity contribution in [2.75, 3.05) is 16.4 Å². The second kappa shape index (κ2) is 11.5. The molecule has 162 valence electrons. The second-order valence-corrected chi connectivity index (χ2v) is 10.3. The molecule has 0 aliphatic rings. The van der Waals surface area contributed by atoms with Crippen LogP contribution in [-0.4, -0.2) is 32.2 Å². The summed E-state index contributed by atoms with van der Waals surface area (Å²) in [5, 5.41) is 7.21. The Morgan fingerprint density at radius 3 is 2.48 bits per heavy atom. The maximum atomic E-state index is 12.4. The fourth-order valence-corrected chi connectivity index (χ4v) is 4.79. The number of hydrogen-bond acceptors (Lipinski definition) is 7. The monoisotopic (exact) mass is 492 g/mol. The van der Waals surface area contributed by atoms with Gasteiger partial charge in [0.05, 0.1) is 11.7 Å². The number of nitrogens with zero attached hydrogens (tertiary/aromatic N) is 2. The Morgan fingerprint density at radius 1 is 1.10 bits per heavy atom. The number of carbonyl (C=O) groups excluding carboxylic acids is 2. The lowest BCUT2D eigenvalue weighted by Crippen LogP contribution is -2.22. The van der Waals surface area contributed by atoms with E-state index < -0.39 is 0 Å². The second-order valence-electron chi connectivity index (χ2n) is 6.44. The Kier molecular flexibility index (Phi) is 8.77. The first kappa shape index (κ1) is 23.6. The summed E-state index contributed by atoms with van der Waals surface area (Å²) in [6, 6.07) is 14.6. The highest BCUT2D eigenvalue weighted by Crippen LogP contribution is 2.26. The molecule has 1 heterocycles. The van der Waals surface area contributed by atoms with Gasteiger partial charge >= 0.3 is 0 Å². The molecule has 1 unspecified atom stereocenters. The van der Waals surface area contributed by atoms with E-state index in [1.165, 1.54) is 35.1 Å². The normalized spacial score (nSPS) is 11.7. The van der Waals surface area contributed by atoms with Gasteiger partial charge in [-0.3, -0.25) is 14.9 Å². The largest absolute Gasteiger partial charge is 0.326 e. The third-order valence-electron chi connectivity index (χ3n) is 4.01. The Bertz CT molecular complexity index is 1030. The van der Waals surface area contributed by atoms with Gasteiger partial charge in [-0.25, -0.2) is 0 Å². The maximum absolute atomic E-state index is 12.4. The Balaban J connectivity index is 1.49. The van der Waals surface area contributed by atoms with E-state index in [0.717, 1.165) is 16.2 Å². The Labute approximate surface area is 198 Å². The molecular formula is C21H21ClN4O2S3. The van der Waals surface area contributed by atoms with Crippen LogP contribution in [0, 0.1) is 0 Å². The minimum Gasteiger partial charge on any atom is -0.326 e. The molecule has 0 fully saturated rings. The molecule has 1 aromatic heterocycles. The molecular weight excluding hydrogens is 472 g/mol. The molecule has 31 heavy (non-hydrogen) atoms. The average molecular weight is 493 g/mol. The zero-order chi connectivity index (χ0) is 22.2. The number of nitrogens with one attached hydrogen (secondary N) is 2. The molecule has 1 atom stereocenters. The van der Waals surface area contributed by atoms with Crippen molar-refractivity contribution in [3.8, 4) is 0 Å². The van der Waals surface area contributed by atoms with Crippen LogP contribution in [0.25, 0.3) is 0 Å². The van der Waals surface area contributed by atoms with Crippen LogP contribution < -0.4 is 10.6 Å². The van der Waals surface area contributed by atoms with Gasteiger partial charge < -0.3 is 5.32 Å². The first-order valence-corrected chi connectivity index (χ1v) is 12.5. The molecule has 2 aromatic carbocycles. The van der Waals surface area contributed by atoms with Crippen molar-refractivity contribution in [2.45, 2.75) is 35.6 Å². The molecule has 2 N–H and O–H groups in total. The predicted octanol–water partition coefficient (Wildman–Crippen LogP) is 5.60. The lowest BCUT2D eigenvalue weighted by atomic mass is 10.1. The lowest BCUT2D eigenvalue weighted by molar-refractivity contribution is -0.116. The minimum atomic E-state index is -0.309. The summed E-state index contributed by atoms with van der Waals surface area (Å²) in [6.45, 7) is 3.86. The topological polar surface area (TPSA) is 84.0 Å². The highest BCUT2D eigenvalue weighted by Gasteiger charge is 2.17. The first-order valence-electron chi connectivity index (χ1n) is 9.51. The van der Waals surface area contributed by atoms with E-state index in [-0.39, 0.29) is 23.5 Å². The molecule has 0 saturated carbocycles. The summed E-state index contributed by atoms with van der Waals surface area (Å²) < 4.78 is 4.20. The van der Waals surface area contributed by atoms with Crippen molar-refractivity contribution in [1.82, 2.24) is 9.36 Å². The van der Waals surface area contributed by atoms with Crippen LogP contribution in [0.5, 0.6) is 0 Å². The van der Waals surface area contributed by atoms with E-state index in [9.17, 15) is 9.59 Å². The molecule has 2 amide bonds.